The first-order valence-corrected chi connectivity index (χ1v) is 11.3. The van der Waals surface area contributed by atoms with E-state index < -0.39 is 30.2 Å². The minimum atomic E-state index is -1.00. The summed E-state index contributed by atoms with van der Waals surface area (Å²) in [5.74, 6) is -1.49. The Labute approximate surface area is 197 Å². The van der Waals surface area contributed by atoms with Crippen molar-refractivity contribution in [3.8, 4) is 11.1 Å². The smallest absolute Gasteiger partial charge is 0.407 e. The first-order chi connectivity index (χ1) is 16.5. The highest BCUT2D eigenvalue weighted by Gasteiger charge is 2.32. The zero-order valence-electron chi connectivity index (χ0n) is 18.9. The number of benzene rings is 2. The number of amides is 2. The van der Waals surface area contributed by atoms with Crippen molar-refractivity contribution in [2.45, 2.75) is 37.1 Å². The predicted octanol–water partition coefficient (Wildman–Crippen LogP) is 2.29. The van der Waals surface area contributed by atoms with Crippen LogP contribution in [0.3, 0.4) is 0 Å². The number of nitrogens with one attached hydrogen (secondary N) is 2. The van der Waals surface area contributed by atoms with Crippen LogP contribution in [0, 0.1) is 0 Å². The van der Waals surface area contributed by atoms with Gasteiger partial charge in [-0.3, -0.25) is 4.79 Å². The maximum atomic E-state index is 12.4. The van der Waals surface area contributed by atoms with Crippen LogP contribution in [0.4, 0.5) is 4.79 Å². The minimum Gasteiger partial charge on any atom is -0.479 e. The highest BCUT2D eigenvalue weighted by molar-refractivity contribution is 5.82. The molecule has 9 heteroatoms. The first kappa shape index (κ1) is 23.7. The molecule has 1 aliphatic carbocycles. The lowest BCUT2D eigenvalue weighted by Gasteiger charge is -2.19. The summed E-state index contributed by atoms with van der Waals surface area (Å²) in [6.07, 6.45) is -1.80. The van der Waals surface area contributed by atoms with E-state index in [1.165, 1.54) is 7.11 Å². The quantitative estimate of drug-likeness (QED) is 0.516. The molecule has 1 heterocycles. The molecule has 3 atom stereocenters. The normalized spacial score (nSPS) is 19.7. The number of ether oxygens (including phenoxy) is 3. The van der Waals surface area contributed by atoms with Gasteiger partial charge >= 0.3 is 12.1 Å². The second-order valence-electron chi connectivity index (χ2n) is 8.34. The van der Waals surface area contributed by atoms with E-state index in [0.29, 0.717) is 12.8 Å². The van der Waals surface area contributed by atoms with E-state index >= 15 is 0 Å². The van der Waals surface area contributed by atoms with Gasteiger partial charge in [0.1, 0.15) is 6.61 Å². The monoisotopic (exact) mass is 468 g/mol. The topological polar surface area (TPSA) is 123 Å². The molecule has 0 radical (unpaired) electrons. The Bertz CT molecular complexity index is 1010. The summed E-state index contributed by atoms with van der Waals surface area (Å²) in [5, 5.41) is 14.2. The first-order valence-electron chi connectivity index (χ1n) is 11.3. The molecule has 1 fully saturated rings. The molecule has 1 aliphatic heterocycles. The summed E-state index contributed by atoms with van der Waals surface area (Å²) in [6, 6.07) is 16.1. The van der Waals surface area contributed by atoms with Crippen molar-refractivity contribution < 1.29 is 33.7 Å². The largest absolute Gasteiger partial charge is 0.479 e. The number of alkyl carbamates (subject to hydrolysis) is 1. The standard InChI is InChI=1S/C25H28N2O7/c1-32-22(23(28)26-12-15-10-11-21(34-15)24(29)30)13-27-25(31)33-14-20-18-8-4-2-6-16(18)17-7-3-5-9-19(17)20/h2-9,15,20-22H,10-14H2,1H3,(H,26,28)(H,27,31)(H,29,30). The molecule has 4 rings (SSSR count). The number of rotatable bonds is 9. The van der Waals surface area contributed by atoms with Crippen LogP contribution < -0.4 is 10.6 Å². The molecule has 2 amide bonds. The van der Waals surface area contributed by atoms with Gasteiger partial charge in [0.25, 0.3) is 5.91 Å². The van der Waals surface area contributed by atoms with Gasteiger partial charge in [0.2, 0.25) is 0 Å². The molecular weight excluding hydrogens is 440 g/mol. The van der Waals surface area contributed by atoms with Crippen LogP contribution >= 0.6 is 0 Å². The third-order valence-electron chi connectivity index (χ3n) is 6.24. The van der Waals surface area contributed by atoms with Crippen molar-refractivity contribution in [2.75, 3.05) is 26.8 Å². The second-order valence-corrected chi connectivity index (χ2v) is 8.34. The number of carbonyl (C=O) groups is 3. The summed E-state index contributed by atoms with van der Waals surface area (Å²) in [4.78, 5) is 35.7. The number of carboxylic acids is 1. The van der Waals surface area contributed by atoms with Crippen LogP contribution in [-0.2, 0) is 23.8 Å². The summed E-state index contributed by atoms with van der Waals surface area (Å²) in [5.41, 5.74) is 4.52. The average molecular weight is 469 g/mol. The molecule has 0 aromatic heterocycles. The average Bonchev–Trinajstić information content (AvgIpc) is 3.45. The maximum absolute atomic E-state index is 12.4. The van der Waals surface area contributed by atoms with E-state index in [1.54, 1.807) is 0 Å². The third kappa shape index (κ3) is 5.21. The molecule has 3 N–H and O–H groups in total. The number of hydrogen-bond donors (Lipinski definition) is 3. The predicted molar refractivity (Wildman–Crippen MR) is 122 cm³/mol. The lowest BCUT2D eigenvalue weighted by molar-refractivity contribution is -0.149. The fourth-order valence-electron chi connectivity index (χ4n) is 4.47. The lowest BCUT2D eigenvalue weighted by atomic mass is 9.98. The zero-order valence-corrected chi connectivity index (χ0v) is 18.9. The van der Waals surface area contributed by atoms with Gasteiger partial charge in [-0.25, -0.2) is 9.59 Å². The van der Waals surface area contributed by atoms with Crippen molar-refractivity contribution in [3.63, 3.8) is 0 Å². The molecule has 34 heavy (non-hydrogen) atoms. The number of hydrogen-bond acceptors (Lipinski definition) is 6. The number of methoxy groups -OCH3 is 1. The molecule has 9 nitrogen and oxygen atoms in total. The third-order valence-corrected chi connectivity index (χ3v) is 6.24. The van der Waals surface area contributed by atoms with Crippen LogP contribution in [-0.4, -0.2) is 68.2 Å². The molecular formula is C25H28N2O7. The van der Waals surface area contributed by atoms with Crippen LogP contribution in [0.25, 0.3) is 11.1 Å². The number of carbonyl (C=O) groups excluding carboxylic acids is 2. The Morgan fingerprint density at radius 1 is 1.03 bits per heavy atom. The van der Waals surface area contributed by atoms with Gasteiger partial charge < -0.3 is 30.0 Å². The van der Waals surface area contributed by atoms with Gasteiger partial charge in [0, 0.05) is 19.6 Å². The van der Waals surface area contributed by atoms with Crippen molar-refractivity contribution in [1.29, 1.82) is 0 Å². The van der Waals surface area contributed by atoms with Crippen LogP contribution in [0.1, 0.15) is 29.9 Å². The van der Waals surface area contributed by atoms with Gasteiger partial charge in [-0.05, 0) is 35.1 Å². The van der Waals surface area contributed by atoms with E-state index in [1.807, 2.05) is 36.4 Å². The molecule has 2 aromatic carbocycles. The van der Waals surface area contributed by atoms with Gasteiger partial charge in [0.15, 0.2) is 12.2 Å². The Balaban J connectivity index is 1.24. The van der Waals surface area contributed by atoms with Crippen LogP contribution in [0.2, 0.25) is 0 Å². The summed E-state index contributed by atoms with van der Waals surface area (Å²) >= 11 is 0. The summed E-state index contributed by atoms with van der Waals surface area (Å²) in [7, 11) is 1.37. The summed E-state index contributed by atoms with van der Waals surface area (Å²) < 4.78 is 16.0. The highest BCUT2D eigenvalue weighted by Crippen LogP contribution is 2.44. The van der Waals surface area contributed by atoms with Crippen molar-refractivity contribution in [1.82, 2.24) is 10.6 Å². The van der Waals surface area contributed by atoms with E-state index in [0.717, 1.165) is 22.3 Å². The number of carboxylic acid groups (broad SMARTS) is 1. The Hall–Kier alpha value is -3.43. The van der Waals surface area contributed by atoms with E-state index in [2.05, 4.69) is 22.8 Å². The van der Waals surface area contributed by atoms with E-state index in [-0.39, 0.29) is 31.7 Å². The fourth-order valence-corrected chi connectivity index (χ4v) is 4.47. The Morgan fingerprint density at radius 3 is 2.26 bits per heavy atom. The maximum Gasteiger partial charge on any atom is 0.407 e. The molecule has 1 saturated heterocycles. The Kier molecular flexibility index (Phi) is 7.44. The highest BCUT2D eigenvalue weighted by atomic mass is 16.6. The van der Waals surface area contributed by atoms with E-state index in [9.17, 15) is 14.4 Å². The molecule has 0 spiro atoms. The molecule has 180 valence electrons. The summed E-state index contributed by atoms with van der Waals surface area (Å²) in [6.45, 7) is 0.281. The van der Waals surface area contributed by atoms with Gasteiger partial charge in [-0.1, -0.05) is 48.5 Å². The van der Waals surface area contributed by atoms with Gasteiger partial charge in [0.05, 0.1) is 12.6 Å². The van der Waals surface area contributed by atoms with Crippen molar-refractivity contribution in [3.05, 3.63) is 59.7 Å². The van der Waals surface area contributed by atoms with Crippen molar-refractivity contribution in [2.24, 2.45) is 0 Å². The molecule has 0 saturated carbocycles. The number of fused-ring (bicyclic) bond motifs is 3. The fraction of sp³-hybridized carbons (Fsp3) is 0.400. The lowest BCUT2D eigenvalue weighted by Crippen LogP contribution is -2.46. The van der Waals surface area contributed by atoms with E-state index in [4.69, 9.17) is 19.3 Å². The SMILES string of the molecule is COC(CNC(=O)OCC1c2ccccc2-c2ccccc21)C(=O)NCC1CCC(C(=O)O)O1. The van der Waals surface area contributed by atoms with Gasteiger partial charge in [-0.2, -0.15) is 0 Å². The van der Waals surface area contributed by atoms with Crippen LogP contribution in [0.5, 0.6) is 0 Å². The molecule has 2 aromatic rings. The molecule has 2 aliphatic rings. The Morgan fingerprint density at radius 2 is 1.68 bits per heavy atom. The minimum absolute atomic E-state index is 0.0549. The number of aliphatic carboxylic acids is 1. The molecule has 3 unspecified atom stereocenters. The van der Waals surface area contributed by atoms with Gasteiger partial charge in [-0.15, -0.1) is 0 Å². The van der Waals surface area contributed by atoms with Crippen LogP contribution in [0.15, 0.2) is 48.5 Å². The second kappa shape index (κ2) is 10.7. The molecule has 0 bridgehead atoms. The van der Waals surface area contributed by atoms with Crippen molar-refractivity contribution >= 4 is 18.0 Å². The zero-order chi connectivity index (χ0) is 24.1.